The van der Waals surface area contributed by atoms with Crippen LogP contribution in [0.5, 0.6) is 0 Å². The normalized spacial score (nSPS) is 19.0. The summed E-state index contributed by atoms with van der Waals surface area (Å²) in [6.07, 6.45) is 6.76. The molecule has 50 heavy (non-hydrogen) atoms. The lowest BCUT2D eigenvalue weighted by atomic mass is 9.85. The first-order valence-corrected chi connectivity index (χ1v) is 17.0. The zero-order valence-electron chi connectivity index (χ0n) is 31.4. The number of nitrogens with one attached hydrogen (secondary N) is 4. The predicted octanol–water partition coefficient (Wildman–Crippen LogP) is 2.35. The van der Waals surface area contributed by atoms with E-state index in [0.717, 1.165) is 0 Å². The second-order valence-electron chi connectivity index (χ2n) is 15.6. The number of allylic oxidation sites excluding steroid dienone is 5. The van der Waals surface area contributed by atoms with Crippen LogP contribution in [0.2, 0.25) is 0 Å². The highest BCUT2D eigenvalue weighted by atomic mass is 16.6. The zero-order valence-corrected chi connectivity index (χ0v) is 31.4. The van der Waals surface area contributed by atoms with Gasteiger partial charge in [-0.3, -0.25) is 28.8 Å². The molecule has 0 radical (unpaired) electrons. The quantitative estimate of drug-likeness (QED) is 0.167. The molecule has 14 heteroatoms. The Hall–Kier alpha value is -4.49. The van der Waals surface area contributed by atoms with Crippen LogP contribution in [0.3, 0.4) is 0 Å². The monoisotopic (exact) mass is 700 g/mol. The summed E-state index contributed by atoms with van der Waals surface area (Å²) in [5, 5.41) is 10.2. The minimum Gasteiger partial charge on any atom is -0.447 e. The average Bonchev–Trinajstić information content (AvgIpc) is 3.34. The number of ether oxygens (including phenoxy) is 1. The van der Waals surface area contributed by atoms with Gasteiger partial charge in [-0.05, 0) is 55.4 Å². The van der Waals surface area contributed by atoms with Crippen molar-refractivity contribution >= 4 is 41.4 Å². The van der Waals surface area contributed by atoms with E-state index in [2.05, 4.69) is 21.3 Å². The van der Waals surface area contributed by atoms with Gasteiger partial charge in [-0.15, -0.1) is 0 Å². The van der Waals surface area contributed by atoms with Gasteiger partial charge in [0.15, 0.2) is 0 Å². The molecule has 1 saturated heterocycles. The van der Waals surface area contributed by atoms with Gasteiger partial charge >= 0.3 is 6.09 Å². The molecule has 278 valence electrons. The molecule has 14 nitrogen and oxygen atoms in total. The number of alkyl carbamates (subject to hydrolysis) is 1. The Morgan fingerprint density at radius 1 is 1.00 bits per heavy atom. The zero-order chi connectivity index (χ0) is 38.1. The topological polar surface area (TPSA) is 183 Å². The maximum atomic E-state index is 14.0. The molecule has 0 aromatic carbocycles. The molecule has 6 amide bonds. The molecule has 0 spiro atoms. The first-order valence-electron chi connectivity index (χ1n) is 17.0. The van der Waals surface area contributed by atoms with Gasteiger partial charge in [-0.2, -0.15) is 0 Å². The second-order valence-corrected chi connectivity index (χ2v) is 15.6. The SMILES string of the molecule is CC(C)CC(NC(=O)[C@@H]1CC(C)(C)CN1C(=O)[C@@H](NC(=O)OC(C)C)C(C)(C)C)C(=O)C(=O)NCC(=O)NC(C(=O)N(C)C)=C1C=CC=CC1. The van der Waals surface area contributed by atoms with Gasteiger partial charge in [0, 0.05) is 20.6 Å². The van der Waals surface area contributed by atoms with E-state index in [1.165, 1.54) is 9.80 Å². The summed E-state index contributed by atoms with van der Waals surface area (Å²) in [5.74, 6) is -4.37. The van der Waals surface area contributed by atoms with Crippen LogP contribution in [-0.2, 0) is 33.5 Å². The van der Waals surface area contributed by atoms with E-state index in [9.17, 15) is 33.6 Å². The molecule has 0 bridgehead atoms. The third-order valence-corrected chi connectivity index (χ3v) is 8.09. The Bertz CT molecular complexity index is 1420. The number of likely N-dealkylation sites (N-methyl/N-ethyl adjacent to an activating group) is 1. The second kappa shape index (κ2) is 17.4. The number of carbonyl (C=O) groups is 7. The summed E-state index contributed by atoms with van der Waals surface area (Å²) in [7, 11) is 3.10. The van der Waals surface area contributed by atoms with E-state index < -0.39 is 83.0 Å². The average molecular weight is 701 g/mol. The van der Waals surface area contributed by atoms with Crippen molar-refractivity contribution < 1.29 is 38.3 Å². The lowest BCUT2D eigenvalue weighted by Gasteiger charge is -2.35. The predicted molar refractivity (Wildman–Crippen MR) is 188 cm³/mol. The highest BCUT2D eigenvalue weighted by Gasteiger charge is 2.48. The van der Waals surface area contributed by atoms with Crippen LogP contribution in [0.15, 0.2) is 35.6 Å². The highest BCUT2D eigenvalue weighted by Crippen LogP contribution is 2.36. The molecule has 1 aliphatic heterocycles. The maximum Gasteiger partial charge on any atom is 0.408 e. The van der Waals surface area contributed by atoms with Crippen molar-refractivity contribution in [2.75, 3.05) is 27.2 Å². The van der Waals surface area contributed by atoms with Crippen LogP contribution < -0.4 is 21.3 Å². The van der Waals surface area contributed by atoms with Crippen LogP contribution in [0, 0.1) is 16.7 Å². The summed E-state index contributed by atoms with van der Waals surface area (Å²) in [6.45, 7) is 15.9. The van der Waals surface area contributed by atoms with Crippen LogP contribution >= 0.6 is 0 Å². The fourth-order valence-corrected chi connectivity index (χ4v) is 5.67. The molecule has 2 aliphatic rings. The lowest BCUT2D eigenvalue weighted by molar-refractivity contribution is -0.144. The number of nitrogens with zero attached hydrogens (tertiary/aromatic N) is 2. The van der Waals surface area contributed by atoms with Gasteiger partial charge in [-0.1, -0.05) is 72.8 Å². The third kappa shape index (κ3) is 12.1. The molecule has 1 unspecified atom stereocenters. The van der Waals surface area contributed by atoms with Gasteiger partial charge in [-0.25, -0.2) is 4.79 Å². The molecular weight excluding hydrogens is 644 g/mol. The largest absolute Gasteiger partial charge is 0.447 e. The van der Waals surface area contributed by atoms with Crippen LogP contribution in [0.25, 0.3) is 0 Å². The first-order chi connectivity index (χ1) is 23.0. The standard InChI is InChI=1S/C36H56N6O8/c1-21(2)17-24(28(44)31(46)37-19-26(43)39-27(32(47)41(10)11)23-15-13-12-14-16-23)38-30(45)25-18-36(8,9)20-42(25)33(48)29(35(5,6)7)40-34(49)50-22(3)4/h12-15,21-22,24-25,29H,16-20H2,1-11H3,(H,37,46)(H,38,45)(H,39,43)(H,40,49)/t24?,25-,29+/m0/s1. The van der Waals surface area contributed by atoms with Crippen molar-refractivity contribution in [2.24, 2.45) is 16.7 Å². The Morgan fingerprint density at radius 3 is 2.16 bits per heavy atom. The summed E-state index contributed by atoms with van der Waals surface area (Å²) < 4.78 is 5.22. The number of likely N-dealkylation sites (tertiary alicyclic amines) is 1. The molecule has 1 aliphatic carbocycles. The van der Waals surface area contributed by atoms with Crippen molar-refractivity contribution in [3.05, 3.63) is 35.6 Å². The van der Waals surface area contributed by atoms with E-state index in [1.54, 1.807) is 60.9 Å². The Labute approximate surface area is 295 Å². The molecular formula is C36H56N6O8. The smallest absolute Gasteiger partial charge is 0.408 e. The number of hydrogen-bond donors (Lipinski definition) is 4. The molecule has 2 rings (SSSR count). The van der Waals surface area contributed by atoms with Crippen molar-refractivity contribution in [1.29, 1.82) is 0 Å². The van der Waals surface area contributed by atoms with Gasteiger partial charge in [0.1, 0.15) is 17.8 Å². The van der Waals surface area contributed by atoms with Crippen LogP contribution in [-0.4, -0.2) is 103 Å². The van der Waals surface area contributed by atoms with Crippen molar-refractivity contribution in [2.45, 2.75) is 106 Å². The fourth-order valence-electron chi connectivity index (χ4n) is 5.67. The van der Waals surface area contributed by atoms with E-state index in [1.807, 2.05) is 39.8 Å². The number of amides is 6. The molecule has 3 atom stereocenters. The van der Waals surface area contributed by atoms with Crippen LogP contribution in [0.4, 0.5) is 4.79 Å². The number of Topliss-reactive ketones (excluding diaryl/α,β-unsaturated/α-hetero) is 1. The van der Waals surface area contributed by atoms with Gasteiger partial charge in [0.2, 0.25) is 23.5 Å². The number of ketones is 1. The van der Waals surface area contributed by atoms with E-state index in [0.29, 0.717) is 12.0 Å². The molecule has 1 fully saturated rings. The summed E-state index contributed by atoms with van der Waals surface area (Å²) in [5.41, 5.74) is -0.551. The Kier molecular flexibility index (Phi) is 14.5. The van der Waals surface area contributed by atoms with E-state index in [4.69, 9.17) is 4.74 Å². The molecule has 0 aromatic rings. The molecule has 0 saturated carbocycles. The molecule has 1 heterocycles. The minimum absolute atomic E-state index is 0.0606. The first kappa shape index (κ1) is 41.7. The molecule has 0 aromatic heterocycles. The van der Waals surface area contributed by atoms with Crippen molar-refractivity contribution in [3.8, 4) is 0 Å². The minimum atomic E-state index is -1.24. The Morgan fingerprint density at radius 2 is 1.64 bits per heavy atom. The Balaban J connectivity index is 2.22. The summed E-state index contributed by atoms with van der Waals surface area (Å²) >= 11 is 0. The van der Waals surface area contributed by atoms with Crippen molar-refractivity contribution in [3.63, 3.8) is 0 Å². The third-order valence-electron chi connectivity index (χ3n) is 8.09. The fraction of sp³-hybridized carbons (Fsp3) is 0.639. The van der Waals surface area contributed by atoms with Gasteiger partial charge in [0.25, 0.3) is 11.8 Å². The maximum absolute atomic E-state index is 14.0. The lowest BCUT2D eigenvalue weighted by Crippen LogP contribution is -2.59. The number of hydrogen-bond acceptors (Lipinski definition) is 8. The number of carbonyl (C=O) groups excluding carboxylic acids is 7. The van der Waals surface area contributed by atoms with Gasteiger partial charge < -0.3 is 35.8 Å². The van der Waals surface area contributed by atoms with E-state index in [-0.39, 0.29) is 31.0 Å². The highest BCUT2D eigenvalue weighted by molar-refractivity contribution is 6.38. The van der Waals surface area contributed by atoms with Gasteiger partial charge in [0.05, 0.1) is 18.7 Å². The van der Waals surface area contributed by atoms with Crippen molar-refractivity contribution in [1.82, 2.24) is 31.1 Å². The number of rotatable bonds is 13. The summed E-state index contributed by atoms with van der Waals surface area (Å²) in [6, 6.07) is -3.24. The van der Waals surface area contributed by atoms with E-state index >= 15 is 0 Å². The molecule has 4 N–H and O–H groups in total. The summed E-state index contributed by atoms with van der Waals surface area (Å²) in [4.78, 5) is 95.2. The van der Waals surface area contributed by atoms with Crippen LogP contribution in [0.1, 0.15) is 81.6 Å².